The Kier molecular flexibility index (Phi) is 10.5. The van der Waals surface area contributed by atoms with Crippen LogP contribution in [-0.2, 0) is 14.3 Å². The lowest BCUT2D eigenvalue weighted by atomic mass is 9.95. The average molecular weight is 603 g/mol. The van der Waals surface area contributed by atoms with Gasteiger partial charge in [0.15, 0.2) is 28.2 Å². The van der Waals surface area contributed by atoms with Gasteiger partial charge < -0.3 is 19.3 Å². The van der Waals surface area contributed by atoms with E-state index in [4.69, 9.17) is 14.2 Å². The van der Waals surface area contributed by atoms with Crippen LogP contribution in [0.1, 0.15) is 59.2 Å². The van der Waals surface area contributed by atoms with Crippen LogP contribution in [-0.4, -0.2) is 47.6 Å². The highest BCUT2D eigenvalue weighted by molar-refractivity contribution is 7.17. The number of allylic oxidation sites excluding steroid dienone is 1. The molecule has 0 spiro atoms. The van der Waals surface area contributed by atoms with Crippen molar-refractivity contribution in [3.05, 3.63) is 100 Å². The number of aromatic nitrogens is 1. The molecule has 1 aliphatic rings. The van der Waals surface area contributed by atoms with Gasteiger partial charge in [0.1, 0.15) is 11.5 Å². The molecule has 224 valence electrons. The van der Waals surface area contributed by atoms with Crippen molar-refractivity contribution in [2.24, 2.45) is 0 Å². The number of hydrogen-bond donors (Lipinski definition) is 1. The maximum Gasteiger partial charge on any atom is 0.350 e. The zero-order chi connectivity index (χ0) is 30.9. The summed E-state index contributed by atoms with van der Waals surface area (Å²) in [4.78, 5) is 45.8. The Morgan fingerprint density at radius 3 is 2.58 bits per heavy atom. The Bertz CT molecular complexity index is 1560. The predicted molar refractivity (Wildman–Crippen MR) is 166 cm³/mol. The fraction of sp³-hybridized carbons (Fsp3) is 0.273. The van der Waals surface area contributed by atoms with Crippen LogP contribution in [0.2, 0.25) is 0 Å². The highest BCUT2D eigenvalue weighted by atomic mass is 32.1. The summed E-state index contributed by atoms with van der Waals surface area (Å²) in [6, 6.07) is 13.3. The molecule has 2 heterocycles. The molecule has 0 saturated carbocycles. The molecule has 1 unspecified atom stereocenters. The topological polar surface area (TPSA) is 115 Å². The smallest absolute Gasteiger partial charge is 0.350 e. The van der Waals surface area contributed by atoms with Crippen LogP contribution in [0.25, 0.3) is 6.08 Å². The van der Waals surface area contributed by atoms with Gasteiger partial charge in [-0.25, -0.2) is 9.78 Å². The molecule has 0 saturated heterocycles. The molecule has 1 aliphatic heterocycles. The van der Waals surface area contributed by atoms with Gasteiger partial charge in [0.25, 0.3) is 5.91 Å². The molecule has 1 aromatic heterocycles. The van der Waals surface area contributed by atoms with Crippen molar-refractivity contribution < 1.29 is 33.7 Å². The van der Waals surface area contributed by atoms with E-state index >= 15 is 0 Å². The summed E-state index contributed by atoms with van der Waals surface area (Å²) in [6.07, 6.45) is 6.21. The molecule has 0 fully saturated rings. The highest BCUT2D eigenvalue weighted by Crippen LogP contribution is 2.45. The minimum atomic E-state index is -1.06. The van der Waals surface area contributed by atoms with Gasteiger partial charge in [-0.15, -0.1) is 0 Å². The van der Waals surface area contributed by atoms with Crippen LogP contribution < -0.4 is 14.4 Å². The van der Waals surface area contributed by atoms with E-state index < -0.39 is 29.5 Å². The van der Waals surface area contributed by atoms with Crippen LogP contribution in [0.4, 0.5) is 5.13 Å². The second-order valence-corrected chi connectivity index (χ2v) is 10.6. The van der Waals surface area contributed by atoms with Gasteiger partial charge >= 0.3 is 5.97 Å². The monoisotopic (exact) mass is 602 g/mol. The van der Waals surface area contributed by atoms with Crippen LogP contribution in [0.15, 0.2) is 78.6 Å². The third kappa shape index (κ3) is 7.03. The highest BCUT2D eigenvalue weighted by Gasteiger charge is 2.45. The molecule has 10 heteroatoms. The Morgan fingerprint density at radius 2 is 1.88 bits per heavy atom. The van der Waals surface area contributed by atoms with E-state index in [9.17, 15) is 19.5 Å². The number of rotatable bonds is 14. The lowest BCUT2D eigenvalue weighted by molar-refractivity contribution is -0.117. The van der Waals surface area contributed by atoms with Crippen molar-refractivity contribution in [3.8, 4) is 11.5 Å². The largest absolute Gasteiger partial charge is 0.503 e. The fourth-order valence-corrected chi connectivity index (χ4v) is 5.47. The molecular formula is C33H34N2O7S. The van der Waals surface area contributed by atoms with Gasteiger partial charge in [-0.05, 0) is 49.6 Å². The van der Waals surface area contributed by atoms with Crippen LogP contribution in [0, 0.1) is 6.92 Å². The maximum atomic E-state index is 13.6. The fourth-order valence-electron chi connectivity index (χ4n) is 4.48. The number of hydrogen-bond acceptors (Lipinski definition) is 9. The number of thiazole rings is 1. The molecule has 0 radical (unpaired) electrons. The minimum Gasteiger partial charge on any atom is -0.503 e. The zero-order valence-corrected chi connectivity index (χ0v) is 25.2. The number of ketones is 1. The summed E-state index contributed by atoms with van der Waals surface area (Å²) in [6.45, 7) is 9.95. The minimum absolute atomic E-state index is 0.0123. The Labute approximate surface area is 254 Å². The SMILES string of the molecule is C=CCOC(=O)c1sc(N2C(=O)C(O)=C(C(=O)C=Cc3ccccc3)C2c2ccc(OCCCC)c(OCC)c2)nc1C. The van der Waals surface area contributed by atoms with E-state index in [1.54, 1.807) is 31.2 Å². The molecule has 1 atom stereocenters. The first-order valence-electron chi connectivity index (χ1n) is 14.0. The number of esters is 1. The van der Waals surface area contributed by atoms with E-state index in [0.29, 0.717) is 36.0 Å². The molecule has 0 bridgehead atoms. The second kappa shape index (κ2) is 14.5. The van der Waals surface area contributed by atoms with E-state index in [1.807, 2.05) is 37.3 Å². The lowest BCUT2D eigenvalue weighted by Gasteiger charge is -2.25. The van der Waals surface area contributed by atoms with Gasteiger partial charge in [-0.1, -0.05) is 79.8 Å². The van der Waals surface area contributed by atoms with Crippen molar-refractivity contribution in [2.45, 2.75) is 39.7 Å². The summed E-state index contributed by atoms with van der Waals surface area (Å²) in [5.74, 6) is -1.72. The van der Waals surface area contributed by atoms with Crippen molar-refractivity contribution in [3.63, 3.8) is 0 Å². The van der Waals surface area contributed by atoms with E-state index in [1.165, 1.54) is 17.1 Å². The summed E-state index contributed by atoms with van der Waals surface area (Å²) in [5, 5.41) is 11.2. The number of nitrogens with zero attached hydrogens (tertiary/aromatic N) is 2. The molecule has 1 N–H and O–H groups in total. The first-order valence-corrected chi connectivity index (χ1v) is 14.8. The van der Waals surface area contributed by atoms with Gasteiger partial charge in [0.2, 0.25) is 0 Å². The molecular weight excluding hydrogens is 568 g/mol. The van der Waals surface area contributed by atoms with E-state index in [0.717, 1.165) is 29.7 Å². The molecule has 4 rings (SSSR count). The van der Waals surface area contributed by atoms with Crippen LogP contribution in [0.5, 0.6) is 11.5 Å². The standard InChI is InChI=1S/C33H34N2O7S/c1-5-8-19-41-25-17-15-23(20-26(25)40-7-3)28-27(24(36)16-14-22-12-10-9-11-13-22)29(37)31(38)35(28)33-34-21(4)30(43-33)32(39)42-18-6-2/h6,9-17,20,28,37H,2,5,7-8,18-19H2,1,3-4H3. The number of ether oxygens (including phenoxy) is 3. The molecule has 2 aromatic carbocycles. The summed E-state index contributed by atoms with van der Waals surface area (Å²) >= 11 is 0.937. The normalized spacial score (nSPS) is 14.8. The molecule has 0 aliphatic carbocycles. The summed E-state index contributed by atoms with van der Waals surface area (Å²) in [5.41, 5.74) is 1.49. The Balaban J connectivity index is 1.81. The van der Waals surface area contributed by atoms with E-state index in [2.05, 4.69) is 18.5 Å². The van der Waals surface area contributed by atoms with Gasteiger partial charge in [-0.2, -0.15) is 0 Å². The number of carbonyl (C=O) groups is 3. The van der Waals surface area contributed by atoms with Crippen LogP contribution in [0.3, 0.4) is 0 Å². The number of aliphatic hydroxyl groups excluding tert-OH is 1. The van der Waals surface area contributed by atoms with Crippen molar-refractivity contribution >= 4 is 40.2 Å². The molecule has 1 amide bonds. The van der Waals surface area contributed by atoms with Crippen LogP contribution >= 0.6 is 11.3 Å². The van der Waals surface area contributed by atoms with E-state index in [-0.39, 0.29) is 22.2 Å². The molecule has 43 heavy (non-hydrogen) atoms. The van der Waals surface area contributed by atoms with Gasteiger partial charge in [-0.3, -0.25) is 14.5 Å². The number of unbranched alkanes of at least 4 members (excludes halogenated alkanes) is 1. The summed E-state index contributed by atoms with van der Waals surface area (Å²) in [7, 11) is 0. The number of amides is 1. The Hall–Kier alpha value is -4.70. The van der Waals surface area contributed by atoms with Crippen molar-refractivity contribution in [1.29, 1.82) is 0 Å². The Morgan fingerprint density at radius 1 is 1.12 bits per heavy atom. The third-order valence-electron chi connectivity index (χ3n) is 6.55. The number of aryl methyl sites for hydroxylation is 1. The van der Waals surface area contributed by atoms with Crippen molar-refractivity contribution in [1.82, 2.24) is 4.98 Å². The first-order chi connectivity index (χ1) is 20.8. The number of benzene rings is 2. The van der Waals surface area contributed by atoms with Gasteiger partial charge in [0.05, 0.1) is 30.5 Å². The lowest BCUT2D eigenvalue weighted by Crippen LogP contribution is -2.31. The quantitative estimate of drug-likeness (QED) is 0.0956. The average Bonchev–Trinajstić information content (AvgIpc) is 3.52. The summed E-state index contributed by atoms with van der Waals surface area (Å²) < 4.78 is 17.0. The molecule has 9 nitrogen and oxygen atoms in total. The number of aliphatic hydroxyl groups is 1. The van der Waals surface area contributed by atoms with Crippen molar-refractivity contribution in [2.75, 3.05) is 24.7 Å². The molecule has 3 aromatic rings. The van der Waals surface area contributed by atoms with Gasteiger partial charge in [0, 0.05) is 0 Å². The maximum absolute atomic E-state index is 13.6. The predicted octanol–water partition coefficient (Wildman–Crippen LogP) is 6.55. The first kappa shape index (κ1) is 31.2. The number of carbonyl (C=O) groups excluding carboxylic acids is 3. The number of anilines is 1. The third-order valence-corrected chi connectivity index (χ3v) is 7.68. The zero-order valence-electron chi connectivity index (χ0n) is 24.4. The second-order valence-electron chi connectivity index (χ2n) is 9.59.